The Labute approximate surface area is 135 Å². The molecule has 2 aromatic rings. The van der Waals surface area contributed by atoms with Gasteiger partial charge in [-0.25, -0.2) is 4.79 Å². The number of hydrogen-bond donors (Lipinski definition) is 1. The van der Waals surface area contributed by atoms with Crippen molar-refractivity contribution < 1.29 is 19.4 Å². The second-order valence-electron chi connectivity index (χ2n) is 3.85. The van der Waals surface area contributed by atoms with Crippen molar-refractivity contribution in [2.45, 2.75) is 0 Å². The molecule has 0 unspecified atom stereocenters. The number of carbonyl (C=O) groups is 1. The fourth-order valence-corrected chi connectivity index (χ4v) is 1.81. The first kappa shape index (κ1) is 16.0. The monoisotopic (exact) mass is 341 g/mol. The summed E-state index contributed by atoms with van der Waals surface area (Å²) in [4.78, 5) is 15.1. The molecular formula is C13H9Cl2N3O4. The number of nitrogens with zero attached hydrogens (tertiary/aromatic N) is 3. The van der Waals surface area contributed by atoms with Gasteiger partial charge in [0.1, 0.15) is 11.3 Å². The molecule has 9 heteroatoms. The molecule has 0 aliphatic carbocycles. The first-order valence-corrected chi connectivity index (χ1v) is 6.57. The van der Waals surface area contributed by atoms with Crippen molar-refractivity contribution in [3.63, 3.8) is 0 Å². The Kier molecular flexibility index (Phi) is 5.13. The maximum atomic E-state index is 11.3. The second-order valence-corrected chi connectivity index (χ2v) is 4.54. The molecule has 0 amide bonds. The SMILES string of the molecule is CO/C=C(\C(=O)O)c1ccccc1Oc1nc(Cl)nnc1Cl. The van der Waals surface area contributed by atoms with E-state index in [4.69, 9.17) is 32.7 Å². The van der Waals surface area contributed by atoms with Crippen molar-refractivity contribution in [1.82, 2.24) is 15.2 Å². The summed E-state index contributed by atoms with van der Waals surface area (Å²) < 4.78 is 10.3. The van der Waals surface area contributed by atoms with Gasteiger partial charge in [-0.05, 0) is 17.7 Å². The van der Waals surface area contributed by atoms with Crippen LogP contribution in [0, 0.1) is 0 Å². The van der Waals surface area contributed by atoms with Crippen LogP contribution in [-0.2, 0) is 9.53 Å². The highest BCUT2D eigenvalue weighted by atomic mass is 35.5. The van der Waals surface area contributed by atoms with Crippen LogP contribution in [0.1, 0.15) is 5.56 Å². The number of aliphatic carboxylic acids is 1. The molecule has 0 bridgehead atoms. The summed E-state index contributed by atoms with van der Waals surface area (Å²) in [5.41, 5.74) is 0.185. The molecule has 1 heterocycles. The standard InChI is InChI=1S/C13H9Cl2N3O4/c1-21-6-8(12(19)20)7-4-2-3-5-9(7)22-11-10(14)17-18-13(15)16-11/h2-6H,1H3,(H,19,20)/b8-6-. The zero-order valence-corrected chi connectivity index (χ0v) is 12.7. The smallest absolute Gasteiger partial charge is 0.339 e. The number of hydrogen-bond acceptors (Lipinski definition) is 6. The van der Waals surface area contributed by atoms with Gasteiger partial charge < -0.3 is 14.6 Å². The molecule has 1 aromatic heterocycles. The first-order valence-electron chi connectivity index (χ1n) is 5.82. The lowest BCUT2D eigenvalue weighted by Crippen LogP contribution is -2.03. The average molecular weight is 342 g/mol. The fraction of sp³-hybridized carbons (Fsp3) is 0.0769. The number of carboxylic acids is 1. The second kappa shape index (κ2) is 7.06. The minimum Gasteiger partial charge on any atom is -0.503 e. The lowest BCUT2D eigenvalue weighted by atomic mass is 10.1. The van der Waals surface area contributed by atoms with Crippen molar-refractivity contribution in [2.75, 3.05) is 7.11 Å². The highest BCUT2D eigenvalue weighted by molar-refractivity contribution is 6.31. The number of methoxy groups -OCH3 is 1. The van der Waals surface area contributed by atoms with Crippen molar-refractivity contribution in [2.24, 2.45) is 0 Å². The number of ether oxygens (including phenoxy) is 2. The molecule has 0 spiro atoms. The van der Waals surface area contributed by atoms with Crippen molar-refractivity contribution in [3.05, 3.63) is 46.5 Å². The van der Waals surface area contributed by atoms with E-state index in [0.29, 0.717) is 0 Å². The largest absolute Gasteiger partial charge is 0.503 e. The lowest BCUT2D eigenvalue weighted by molar-refractivity contribution is -0.130. The highest BCUT2D eigenvalue weighted by Gasteiger charge is 2.18. The quantitative estimate of drug-likeness (QED) is 0.659. The Morgan fingerprint density at radius 2 is 2.00 bits per heavy atom. The van der Waals surface area contributed by atoms with Gasteiger partial charge in [-0.1, -0.05) is 29.8 Å². The number of halogens is 2. The predicted molar refractivity (Wildman–Crippen MR) is 79.0 cm³/mol. The summed E-state index contributed by atoms with van der Waals surface area (Å²) in [6.45, 7) is 0. The van der Waals surface area contributed by atoms with Crippen LogP contribution in [0.4, 0.5) is 0 Å². The first-order chi connectivity index (χ1) is 10.5. The summed E-state index contributed by atoms with van der Waals surface area (Å²) in [6, 6.07) is 6.42. The fourth-order valence-electron chi connectivity index (χ4n) is 1.57. The van der Waals surface area contributed by atoms with Crippen LogP contribution < -0.4 is 4.74 Å². The highest BCUT2D eigenvalue weighted by Crippen LogP contribution is 2.32. The molecule has 114 valence electrons. The molecule has 0 aliphatic heterocycles. The average Bonchev–Trinajstić information content (AvgIpc) is 2.49. The van der Waals surface area contributed by atoms with Crippen LogP contribution in [0.5, 0.6) is 11.6 Å². The predicted octanol–water partition coefficient (Wildman–Crippen LogP) is 3.04. The molecule has 22 heavy (non-hydrogen) atoms. The Balaban J connectivity index is 2.47. The number of aromatic nitrogens is 3. The van der Waals surface area contributed by atoms with Crippen molar-refractivity contribution in [1.29, 1.82) is 0 Å². The Morgan fingerprint density at radius 3 is 2.68 bits per heavy atom. The molecular weight excluding hydrogens is 333 g/mol. The molecule has 0 atom stereocenters. The van der Waals surface area contributed by atoms with E-state index in [0.717, 1.165) is 6.26 Å². The van der Waals surface area contributed by atoms with Gasteiger partial charge in [0, 0.05) is 5.56 Å². The minimum atomic E-state index is -1.18. The maximum Gasteiger partial charge on any atom is 0.339 e. The number of benzene rings is 1. The lowest BCUT2D eigenvalue weighted by Gasteiger charge is -2.11. The van der Waals surface area contributed by atoms with Crippen LogP contribution in [0.2, 0.25) is 10.4 Å². The van der Waals surface area contributed by atoms with E-state index in [9.17, 15) is 9.90 Å². The van der Waals surface area contributed by atoms with E-state index in [1.165, 1.54) is 7.11 Å². The van der Waals surface area contributed by atoms with Crippen LogP contribution >= 0.6 is 23.2 Å². The Hall–Kier alpha value is -2.38. The molecule has 0 aliphatic rings. The van der Waals surface area contributed by atoms with Gasteiger partial charge in [-0.3, -0.25) is 0 Å². The van der Waals surface area contributed by atoms with Gasteiger partial charge in [0.05, 0.1) is 13.4 Å². The minimum absolute atomic E-state index is 0.0868. The van der Waals surface area contributed by atoms with Crippen LogP contribution in [-0.4, -0.2) is 33.4 Å². The third kappa shape index (κ3) is 3.63. The zero-order valence-electron chi connectivity index (χ0n) is 11.2. The van der Waals surface area contributed by atoms with E-state index >= 15 is 0 Å². The third-order valence-corrected chi connectivity index (χ3v) is 2.84. The molecule has 0 radical (unpaired) electrons. The van der Waals surface area contributed by atoms with E-state index in [1.807, 2.05) is 0 Å². The number of carboxylic acid groups (broad SMARTS) is 1. The summed E-state index contributed by atoms with van der Waals surface area (Å²) >= 11 is 11.5. The van der Waals surface area contributed by atoms with Gasteiger partial charge in [0.15, 0.2) is 0 Å². The van der Waals surface area contributed by atoms with Crippen LogP contribution in [0.3, 0.4) is 0 Å². The normalized spacial score (nSPS) is 11.1. The van der Waals surface area contributed by atoms with E-state index in [2.05, 4.69) is 15.2 Å². The van der Waals surface area contributed by atoms with Crippen molar-refractivity contribution >= 4 is 34.7 Å². The zero-order chi connectivity index (χ0) is 16.1. The molecule has 7 nitrogen and oxygen atoms in total. The Bertz CT molecular complexity index is 737. The van der Waals surface area contributed by atoms with Gasteiger partial charge in [-0.2, -0.15) is 4.98 Å². The van der Waals surface area contributed by atoms with Gasteiger partial charge in [0.25, 0.3) is 5.88 Å². The van der Waals surface area contributed by atoms with Crippen molar-refractivity contribution in [3.8, 4) is 11.6 Å². The number of para-hydroxylation sites is 1. The van der Waals surface area contributed by atoms with Crippen LogP contribution in [0.25, 0.3) is 5.57 Å². The topological polar surface area (TPSA) is 94.4 Å². The molecule has 0 saturated carbocycles. The van der Waals surface area contributed by atoms with E-state index < -0.39 is 5.97 Å². The molecule has 0 fully saturated rings. The maximum absolute atomic E-state index is 11.3. The van der Waals surface area contributed by atoms with Gasteiger partial charge >= 0.3 is 5.97 Å². The molecule has 1 aromatic carbocycles. The molecule has 0 saturated heterocycles. The summed E-state index contributed by atoms with van der Waals surface area (Å²) in [6.07, 6.45) is 1.09. The van der Waals surface area contributed by atoms with Crippen LogP contribution in [0.15, 0.2) is 30.5 Å². The van der Waals surface area contributed by atoms with Gasteiger partial charge in [-0.15, -0.1) is 10.2 Å². The summed E-state index contributed by atoms with van der Waals surface area (Å²) in [7, 11) is 1.34. The van der Waals surface area contributed by atoms with Gasteiger partial charge in [0.2, 0.25) is 10.4 Å². The summed E-state index contributed by atoms with van der Waals surface area (Å²) in [5, 5.41) is 16.0. The third-order valence-electron chi connectivity index (χ3n) is 2.44. The molecule has 1 N–H and O–H groups in total. The van der Waals surface area contributed by atoms with E-state index in [-0.39, 0.29) is 33.2 Å². The summed E-state index contributed by atoms with van der Waals surface area (Å²) in [5.74, 6) is -1.06. The molecule has 2 rings (SSSR count). The van der Waals surface area contributed by atoms with E-state index in [1.54, 1.807) is 24.3 Å². The Morgan fingerprint density at radius 1 is 1.27 bits per heavy atom. The number of rotatable bonds is 5.